The van der Waals surface area contributed by atoms with E-state index in [1.165, 1.54) is 95.5 Å². The van der Waals surface area contributed by atoms with E-state index in [0.717, 1.165) is 23.3 Å². The summed E-state index contributed by atoms with van der Waals surface area (Å²) in [5.74, 6) is 2.40. The van der Waals surface area contributed by atoms with Crippen LogP contribution in [0.3, 0.4) is 0 Å². The van der Waals surface area contributed by atoms with Crippen molar-refractivity contribution in [2.75, 3.05) is 26.4 Å². The standard InChI is InChI=1S/C36H56O6/c1-4-5-6-7-28-8-10-29(11-9-28)12-13-30-14-16-31(17-15-30)32-18-20-33(21-19-32)34(24-41-35(39)26(2)22-37)25-42-36(40)27(3)23-38/h18-21,28-31,34-35,37-39H,2-17,22-25H2,1H3. The maximum atomic E-state index is 12.1. The zero-order valence-electron chi connectivity index (χ0n) is 26.0. The molecule has 2 aliphatic rings. The van der Waals surface area contributed by atoms with Crippen molar-refractivity contribution in [1.29, 1.82) is 0 Å². The lowest BCUT2D eigenvalue weighted by Crippen LogP contribution is -2.24. The predicted octanol–water partition coefficient (Wildman–Crippen LogP) is 7.19. The Morgan fingerprint density at radius 3 is 1.95 bits per heavy atom. The van der Waals surface area contributed by atoms with Crippen LogP contribution in [0.5, 0.6) is 0 Å². The van der Waals surface area contributed by atoms with Crippen LogP contribution in [0.2, 0.25) is 0 Å². The SMILES string of the molecule is C=C(CO)C(=O)OCC(COC(O)C(=C)CO)c1ccc(C2CCC(CCC3CCC(CCCCC)CC3)CC2)cc1. The maximum absolute atomic E-state index is 12.1. The van der Waals surface area contributed by atoms with E-state index in [1.54, 1.807) is 0 Å². The van der Waals surface area contributed by atoms with Crippen molar-refractivity contribution < 1.29 is 29.6 Å². The van der Waals surface area contributed by atoms with Gasteiger partial charge in [-0.05, 0) is 60.5 Å². The molecule has 6 nitrogen and oxygen atoms in total. The van der Waals surface area contributed by atoms with Gasteiger partial charge in [-0.2, -0.15) is 0 Å². The average Bonchev–Trinajstić information content (AvgIpc) is 3.03. The van der Waals surface area contributed by atoms with Crippen LogP contribution in [0.25, 0.3) is 0 Å². The number of aliphatic hydroxyl groups is 3. The van der Waals surface area contributed by atoms with Crippen LogP contribution in [-0.2, 0) is 14.3 Å². The Bertz CT molecular complexity index is 940. The third-order valence-corrected chi connectivity index (χ3v) is 9.79. The van der Waals surface area contributed by atoms with Crippen molar-refractivity contribution in [3.05, 3.63) is 59.7 Å². The number of esters is 1. The van der Waals surface area contributed by atoms with Gasteiger partial charge in [0.1, 0.15) is 6.61 Å². The van der Waals surface area contributed by atoms with Gasteiger partial charge in [0, 0.05) is 11.5 Å². The lowest BCUT2D eigenvalue weighted by atomic mass is 9.74. The lowest BCUT2D eigenvalue weighted by Gasteiger charge is -2.32. The Balaban J connectivity index is 1.46. The predicted molar refractivity (Wildman–Crippen MR) is 168 cm³/mol. The van der Waals surface area contributed by atoms with Gasteiger partial charge in [0.2, 0.25) is 0 Å². The Hall–Kier alpha value is -1.99. The van der Waals surface area contributed by atoms with E-state index in [0.29, 0.717) is 5.92 Å². The highest BCUT2D eigenvalue weighted by Crippen LogP contribution is 2.40. The Labute approximate surface area is 254 Å². The largest absolute Gasteiger partial charge is 0.462 e. The molecule has 1 aromatic rings. The third kappa shape index (κ3) is 11.3. The minimum Gasteiger partial charge on any atom is -0.462 e. The number of unbranched alkanes of at least 4 members (excludes halogenated alkanes) is 2. The summed E-state index contributed by atoms with van der Waals surface area (Å²) in [4.78, 5) is 12.1. The number of rotatable bonds is 18. The smallest absolute Gasteiger partial charge is 0.335 e. The number of carbonyl (C=O) groups is 1. The van der Waals surface area contributed by atoms with Crippen molar-refractivity contribution in [3.8, 4) is 0 Å². The average molecular weight is 585 g/mol. The van der Waals surface area contributed by atoms with Crippen molar-refractivity contribution in [3.63, 3.8) is 0 Å². The third-order valence-electron chi connectivity index (χ3n) is 9.79. The first-order valence-electron chi connectivity index (χ1n) is 16.5. The lowest BCUT2D eigenvalue weighted by molar-refractivity contribution is -0.141. The molecule has 0 saturated heterocycles. The quantitative estimate of drug-likeness (QED) is 0.0556. The highest BCUT2D eigenvalue weighted by Gasteiger charge is 2.26. The summed E-state index contributed by atoms with van der Waals surface area (Å²) in [6, 6.07) is 8.44. The molecule has 0 bridgehead atoms. The van der Waals surface area contributed by atoms with E-state index >= 15 is 0 Å². The van der Waals surface area contributed by atoms with E-state index in [4.69, 9.17) is 14.6 Å². The molecule has 0 aliphatic heterocycles. The van der Waals surface area contributed by atoms with Crippen LogP contribution < -0.4 is 0 Å². The second kappa shape index (κ2) is 18.6. The summed E-state index contributed by atoms with van der Waals surface area (Å²) >= 11 is 0. The minimum atomic E-state index is -1.30. The summed E-state index contributed by atoms with van der Waals surface area (Å²) in [6.45, 7) is 8.65. The topological polar surface area (TPSA) is 96.2 Å². The van der Waals surface area contributed by atoms with Gasteiger partial charge in [0.25, 0.3) is 0 Å². The molecule has 1 aromatic carbocycles. The van der Waals surface area contributed by atoms with Crippen LogP contribution in [0.15, 0.2) is 48.6 Å². The molecule has 2 unspecified atom stereocenters. The second-order valence-corrected chi connectivity index (χ2v) is 12.9. The number of benzene rings is 1. The highest BCUT2D eigenvalue weighted by molar-refractivity contribution is 5.87. The molecule has 2 fully saturated rings. The fourth-order valence-electron chi connectivity index (χ4n) is 6.77. The number of aliphatic hydroxyl groups excluding tert-OH is 3. The molecule has 236 valence electrons. The van der Waals surface area contributed by atoms with Gasteiger partial charge in [-0.25, -0.2) is 4.79 Å². The normalized spacial score (nSPS) is 24.1. The summed E-state index contributed by atoms with van der Waals surface area (Å²) < 4.78 is 10.9. The van der Waals surface area contributed by atoms with Crippen molar-refractivity contribution in [2.24, 2.45) is 17.8 Å². The van der Waals surface area contributed by atoms with E-state index < -0.39 is 18.9 Å². The van der Waals surface area contributed by atoms with Gasteiger partial charge < -0.3 is 24.8 Å². The van der Waals surface area contributed by atoms with E-state index in [-0.39, 0.29) is 36.9 Å². The summed E-state index contributed by atoms with van der Waals surface area (Å²) in [7, 11) is 0. The molecular formula is C36H56O6. The Morgan fingerprint density at radius 1 is 0.833 bits per heavy atom. The van der Waals surface area contributed by atoms with Gasteiger partial charge in [-0.3, -0.25) is 0 Å². The van der Waals surface area contributed by atoms with Gasteiger partial charge in [-0.1, -0.05) is 109 Å². The number of ether oxygens (including phenoxy) is 2. The van der Waals surface area contributed by atoms with E-state index in [1.807, 2.05) is 0 Å². The fourth-order valence-corrected chi connectivity index (χ4v) is 6.77. The second-order valence-electron chi connectivity index (χ2n) is 12.9. The molecule has 2 atom stereocenters. The molecule has 2 aliphatic carbocycles. The first-order chi connectivity index (χ1) is 20.3. The Morgan fingerprint density at radius 2 is 1.40 bits per heavy atom. The van der Waals surface area contributed by atoms with E-state index in [9.17, 15) is 15.0 Å². The molecule has 0 aromatic heterocycles. The summed E-state index contributed by atoms with van der Waals surface area (Å²) in [6.07, 6.45) is 18.0. The molecule has 42 heavy (non-hydrogen) atoms. The number of carbonyl (C=O) groups excluding carboxylic acids is 1. The first-order valence-corrected chi connectivity index (χ1v) is 16.5. The maximum Gasteiger partial charge on any atom is 0.335 e. The van der Waals surface area contributed by atoms with Crippen LogP contribution in [-0.4, -0.2) is 54.0 Å². The molecular weight excluding hydrogens is 528 g/mol. The van der Waals surface area contributed by atoms with Crippen molar-refractivity contribution >= 4 is 5.97 Å². The van der Waals surface area contributed by atoms with Crippen LogP contribution in [0.1, 0.15) is 120 Å². The first kappa shape index (κ1) is 34.5. The van der Waals surface area contributed by atoms with Crippen molar-refractivity contribution in [1.82, 2.24) is 0 Å². The highest BCUT2D eigenvalue weighted by atomic mass is 16.6. The number of hydrogen-bond acceptors (Lipinski definition) is 6. The fraction of sp³-hybridized carbons (Fsp3) is 0.694. The molecule has 2 saturated carbocycles. The monoisotopic (exact) mass is 584 g/mol. The van der Waals surface area contributed by atoms with Crippen LogP contribution >= 0.6 is 0 Å². The van der Waals surface area contributed by atoms with E-state index in [2.05, 4.69) is 44.3 Å². The zero-order chi connectivity index (χ0) is 30.3. The molecule has 0 spiro atoms. The van der Waals surface area contributed by atoms with Gasteiger partial charge in [0.05, 0.1) is 25.4 Å². The van der Waals surface area contributed by atoms with Crippen LogP contribution in [0, 0.1) is 17.8 Å². The molecule has 3 rings (SSSR count). The van der Waals surface area contributed by atoms with Gasteiger partial charge in [-0.15, -0.1) is 0 Å². The molecule has 0 radical (unpaired) electrons. The summed E-state index contributed by atoms with van der Waals surface area (Å²) in [5, 5.41) is 28.4. The molecule has 6 heteroatoms. The van der Waals surface area contributed by atoms with Gasteiger partial charge in [0.15, 0.2) is 6.29 Å². The Kier molecular flexibility index (Phi) is 15.3. The van der Waals surface area contributed by atoms with Crippen molar-refractivity contribution in [2.45, 2.75) is 115 Å². The molecule has 0 heterocycles. The zero-order valence-corrected chi connectivity index (χ0v) is 26.0. The minimum absolute atomic E-state index is 0.0144. The molecule has 0 amide bonds. The van der Waals surface area contributed by atoms with Gasteiger partial charge >= 0.3 is 5.97 Å². The molecule has 3 N–H and O–H groups in total. The number of hydrogen-bond donors (Lipinski definition) is 3. The van der Waals surface area contributed by atoms with Crippen LogP contribution in [0.4, 0.5) is 0 Å². The summed E-state index contributed by atoms with van der Waals surface area (Å²) in [5.41, 5.74) is 2.42.